The molecule has 0 atom stereocenters. The van der Waals surface area contributed by atoms with Crippen molar-refractivity contribution in [3.05, 3.63) is 76.0 Å². The summed E-state index contributed by atoms with van der Waals surface area (Å²) in [6.07, 6.45) is 3.53. The largest absolute Gasteiger partial charge is 0.352 e. The summed E-state index contributed by atoms with van der Waals surface area (Å²) in [4.78, 5) is 32.4. The molecule has 0 unspecified atom stereocenters. The van der Waals surface area contributed by atoms with E-state index in [1.165, 1.54) is 11.3 Å². The lowest BCUT2D eigenvalue weighted by Crippen LogP contribution is -2.24. The lowest BCUT2D eigenvalue weighted by Gasteiger charge is -2.03. The van der Waals surface area contributed by atoms with Crippen molar-refractivity contribution in [1.29, 1.82) is 0 Å². The van der Waals surface area contributed by atoms with Crippen molar-refractivity contribution in [2.75, 3.05) is 5.32 Å². The molecule has 8 heteroatoms. The van der Waals surface area contributed by atoms with Crippen LogP contribution in [0.5, 0.6) is 0 Å². The van der Waals surface area contributed by atoms with Gasteiger partial charge in [0.2, 0.25) is 5.91 Å². The molecule has 132 valence electrons. The molecule has 2 heterocycles. The van der Waals surface area contributed by atoms with Crippen LogP contribution in [0, 0.1) is 0 Å². The second-order valence-electron chi connectivity index (χ2n) is 5.42. The monoisotopic (exact) mass is 386 g/mol. The number of halogens is 1. The van der Waals surface area contributed by atoms with E-state index in [9.17, 15) is 9.59 Å². The smallest absolute Gasteiger partial charge is 0.257 e. The summed E-state index contributed by atoms with van der Waals surface area (Å²) < 4.78 is 0. The third kappa shape index (κ3) is 5.11. The number of nitrogens with zero attached hydrogens (tertiary/aromatic N) is 2. The van der Waals surface area contributed by atoms with Gasteiger partial charge in [0.25, 0.3) is 5.91 Å². The fourth-order valence-corrected chi connectivity index (χ4v) is 2.98. The lowest BCUT2D eigenvalue weighted by molar-refractivity contribution is -0.120. The molecule has 0 saturated heterocycles. The highest BCUT2D eigenvalue weighted by molar-refractivity contribution is 7.14. The van der Waals surface area contributed by atoms with E-state index in [2.05, 4.69) is 20.6 Å². The van der Waals surface area contributed by atoms with Crippen molar-refractivity contribution in [2.24, 2.45) is 0 Å². The molecule has 0 aliphatic heterocycles. The molecule has 0 aliphatic rings. The molecule has 2 amide bonds. The number of thiazole rings is 1. The number of nitrogens with one attached hydrogen (secondary N) is 2. The predicted octanol–water partition coefficient (Wildman–Crippen LogP) is 3.30. The van der Waals surface area contributed by atoms with Crippen molar-refractivity contribution in [2.45, 2.75) is 13.0 Å². The molecule has 0 bridgehead atoms. The van der Waals surface area contributed by atoms with Gasteiger partial charge in [-0.05, 0) is 35.9 Å². The Labute approximate surface area is 159 Å². The number of rotatable bonds is 6. The van der Waals surface area contributed by atoms with Crippen molar-refractivity contribution < 1.29 is 9.59 Å². The highest BCUT2D eigenvalue weighted by Gasteiger charge is 2.11. The molecule has 26 heavy (non-hydrogen) atoms. The molecular weight excluding hydrogens is 372 g/mol. The van der Waals surface area contributed by atoms with Crippen LogP contribution in [0.15, 0.2) is 54.2 Å². The number of benzene rings is 1. The minimum atomic E-state index is -0.274. The molecule has 1 aromatic carbocycles. The normalized spacial score (nSPS) is 10.3. The van der Waals surface area contributed by atoms with Crippen LogP contribution in [0.3, 0.4) is 0 Å². The Morgan fingerprint density at radius 1 is 1.15 bits per heavy atom. The summed E-state index contributed by atoms with van der Waals surface area (Å²) in [7, 11) is 0. The van der Waals surface area contributed by atoms with Gasteiger partial charge in [-0.2, -0.15) is 0 Å². The molecule has 0 saturated carbocycles. The number of aromatic nitrogens is 2. The summed E-state index contributed by atoms with van der Waals surface area (Å²) >= 11 is 7.08. The molecule has 0 aliphatic carbocycles. The van der Waals surface area contributed by atoms with E-state index in [0.29, 0.717) is 28.0 Å². The zero-order valence-electron chi connectivity index (χ0n) is 13.6. The van der Waals surface area contributed by atoms with E-state index in [1.54, 1.807) is 42.0 Å². The summed E-state index contributed by atoms with van der Waals surface area (Å²) in [6, 6.07) is 10.3. The van der Waals surface area contributed by atoms with Crippen LogP contribution in [-0.4, -0.2) is 21.8 Å². The third-order valence-corrected chi connectivity index (χ3v) is 4.49. The fraction of sp³-hybridized carbons (Fsp3) is 0.111. The van der Waals surface area contributed by atoms with E-state index < -0.39 is 0 Å². The van der Waals surface area contributed by atoms with Crippen LogP contribution in [0.25, 0.3) is 0 Å². The Morgan fingerprint density at radius 3 is 2.69 bits per heavy atom. The molecule has 3 rings (SSSR count). The molecule has 2 aromatic heterocycles. The predicted molar refractivity (Wildman–Crippen MR) is 101 cm³/mol. The lowest BCUT2D eigenvalue weighted by atomic mass is 10.2. The Morgan fingerprint density at radius 2 is 1.96 bits per heavy atom. The van der Waals surface area contributed by atoms with Gasteiger partial charge in [0, 0.05) is 34.9 Å². The van der Waals surface area contributed by atoms with Crippen LogP contribution in [0.4, 0.5) is 5.13 Å². The second-order valence-corrected chi connectivity index (χ2v) is 6.71. The minimum Gasteiger partial charge on any atom is -0.352 e. The van der Waals surface area contributed by atoms with Crippen molar-refractivity contribution in [3.63, 3.8) is 0 Å². The number of amides is 2. The first-order valence-electron chi connectivity index (χ1n) is 7.77. The Balaban J connectivity index is 1.51. The van der Waals surface area contributed by atoms with Gasteiger partial charge in [0.1, 0.15) is 0 Å². The van der Waals surface area contributed by atoms with Gasteiger partial charge >= 0.3 is 0 Å². The van der Waals surface area contributed by atoms with Gasteiger partial charge < -0.3 is 5.32 Å². The van der Waals surface area contributed by atoms with Gasteiger partial charge in [-0.15, -0.1) is 11.3 Å². The number of hydrogen-bond acceptors (Lipinski definition) is 5. The van der Waals surface area contributed by atoms with Crippen LogP contribution < -0.4 is 10.6 Å². The third-order valence-electron chi connectivity index (χ3n) is 3.43. The highest BCUT2D eigenvalue weighted by atomic mass is 35.5. The first-order chi connectivity index (χ1) is 12.6. The average Bonchev–Trinajstić information content (AvgIpc) is 3.08. The molecule has 6 nitrogen and oxygen atoms in total. The van der Waals surface area contributed by atoms with E-state index in [-0.39, 0.29) is 18.2 Å². The maximum atomic E-state index is 12.1. The zero-order chi connectivity index (χ0) is 18.4. The van der Waals surface area contributed by atoms with Gasteiger partial charge in [-0.1, -0.05) is 17.7 Å². The SMILES string of the molecule is O=C(Cc1csc(NC(=O)c2ccc(Cl)cc2)n1)NCc1cccnc1. The van der Waals surface area contributed by atoms with E-state index in [4.69, 9.17) is 11.6 Å². The minimum absolute atomic E-state index is 0.144. The molecular formula is C18H15ClN4O2S. The maximum Gasteiger partial charge on any atom is 0.257 e. The molecule has 0 spiro atoms. The first-order valence-corrected chi connectivity index (χ1v) is 9.03. The average molecular weight is 387 g/mol. The number of carbonyl (C=O) groups is 2. The van der Waals surface area contributed by atoms with Crippen molar-refractivity contribution >= 4 is 39.9 Å². The van der Waals surface area contributed by atoms with Crippen molar-refractivity contribution in [3.8, 4) is 0 Å². The fourth-order valence-electron chi connectivity index (χ4n) is 2.15. The maximum absolute atomic E-state index is 12.1. The molecule has 0 fully saturated rings. The summed E-state index contributed by atoms with van der Waals surface area (Å²) in [5, 5.41) is 8.29. The van der Waals surface area contributed by atoms with E-state index in [1.807, 2.05) is 12.1 Å². The molecule has 0 radical (unpaired) electrons. The number of carbonyl (C=O) groups excluding carboxylic acids is 2. The standard InChI is InChI=1S/C18H15ClN4O2S/c19-14-5-3-13(4-6-14)17(25)23-18-22-15(11-26-18)8-16(24)21-10-12-2-1-7-20-9-12/h1-7,9,11H,8,10H2,(H,21,24)(H,22,23,25). The number of hydrogen-bond donors (Lipinski definition) is 2. The van der Waals surface area contributed by atoms with Crippen LogP contribution in [0.2, 0.25) is 5.02 Å². The van der Waals surface area contributed by atoms with Crippen LogP contribution in [-0.2, 0) is 17.8 Å². The molecule has 2 N–H and O–H groups in total. The van der Waals surface area contributed by atoms with Crippen molar-refractivity contribution in [1.82, 2.24) is 15.3 Å². The van der Waals surface area contributed by atoms with Crippen LogP contribution >= 0.6 is 22.9 Å². The Bertz CT molecular complexity index is 897. The number of anilines is 1. The Kier molecular flexibility index (Phi) is 5.93. The van der Waals surface area contributed by atoms with Gasteiger partial charge in [-0.25, -0.2) is 4.98 Å². The van der Waals surface area contributed by atoms with E-state index >= 15 is 0 Å². The Hall–Kier alpha value is -2.77. The van der Waals surface area contributed by atoms with Crippen LogP contribution in [0.1, 0.15) is 21.6 Å². The van der Waals surface area contributed by atoms with E-state index in [0.717, 1.165) is 5.56 Å². The number of pyridine rings is 1. The van der Waals surface area contributed by atoms with Gasteiger partial charge in [-0.3, -0.25) is 19.9 Å². The highest BCUT2D eigenvalue weighted by Crippen LogP contribution is 2.17. The zero-order valence-corrected chi connectivity index (χ0v) is 15.2. The topological polar surface area (TPSA) is 84.0 Å². The summed E-state index contributed by atoms with van der Waals surface area (Å²) in [6.45, 7) is 0.414. The van der Waals surface area contributed by atoms with Gasteiger partial charge in [0.05, 0.1) is 12.1 Å². The van der Waals surface area contributed by atoms with Gasteiger partial charge in [0.15, 0.2) is 5.13 Å². The second kappa shape index (κ2) is 8.55. The molecule has 3 aromatic rings. The first kappa shape index (κ1) is 18.0. The summed E-state index contributed by atoms with van der Waals surface area (Å²) in [5.74, 6) is -0.418. The quantitative estimate of drug-likeness (QED) is 0.680. The summed E-state index contributed by atoms with van der Waals surface area (Å²) in [5.41, 5.74) is 2.01.